The summed E-state index contributed by atoms with van der Waals surface area (Å²) in [5, 5.41) is 2.85. The summed E-state index contributed by atoms with van der Waals surface area (Å²) in [6, 6.07) is 0. The van der Waals surface area contributed by atoms with E-state index in [1.54, 1.807) is 0 Å². The van der Waals surface area contributed by atoms with E-state index in [-0.39, 0.29) is 0 Å². The van der Waals surface area contributed by atoms with Crippen LogP contribution in [0.25, 0.3) is 0 Å². The molecule has 0 unspecified atom stereocenters. The van der Waals surface area contributed by atoms with E-state index in [2.05, 4.69) is 11.9 Å². The summed E-state index contributed by atoms with van der Waals surface area (Å²) in [5.41, 5.74) is 0. The van der Waals surface area contributed by atoms with Gasteiger partial charge in [0, 0.05) is 6.42 Å². The Morgan fingerprint density at radius 1 is 1.75 bits per heavy atom. The molecule has 0 saturated heterocycles. The summed E-state index contributed by atoms with van der Waals surface area (Å²) < 4.78 is 5.03. The maximum Gasteiger partial charge on any atom is 0.138 e. The number of allylic oxidation sites excluding steroid dienone is 1. The number of nitrogens with one attached hydrogen (secondary N) is 1. The van der Waals surface area contributed by atoms with Crippen LogP contribution in [0.4, 0.5) is 0 Å². The minimum absolute atomic E-state index is 0.562. The van der Waals surface area contributed by atoms with Crippen LogP contribution in [-0.2, 0) is 4.74 Å². The van der Waals surface area contributed by atoms with Crippen molar-refractivity contribution in [3.8, 4) is 0 Å². The molecule has 8 heavy (non-hydrogen) atoms. The predicted octanol–water partition coefficient (Wildman–Crippen LogP) is 1.10. The summed E-state index contributed by atoms with van der Waals surface area (Å²) in [6.45, 7) is 6.22. The molecule has 0 spiro atoms. The largest absolute Gasteiger partial charge is 0.483 e. The lowest BCUT2D eigenvalue weighted by Crippen LogP contribution is -2.10. The van der Waals surface area contributed by atoms with Gasteiger partial charge >= 0.3 is 0 Å². The average molecular weight is 115 g/mol. The van der Waals surface area contributed by atoms with Crippen molar-refractivity contribution in [3.05, 3.63) is 12.3 Å². The molecule has 0 aliphatic heterocycles. The summed E-state index contributed by atoms with van der Waals surface area (Å²) >= 11 is 0. The van der Waals surface area contributed by atoms with Gasteiger partial charge in [-0.05, 0) is 7.05 Å². The Balaban J connectivity index is 2.99. The Morgan fingerprint density at radius 3 is 2.75 bits per heavy atom. The molecule has 2 heteroatoms. The molecule has 0 atom stereocenters. The van der Waals surface area contributed by atoms with Crippen molar-refractivity contribution in [2.75, 3.05) is 13.8 Å². The first-order chi connectivity index (χ1) is 3.81. The Kier molecular flexibility index (Phi) is 4.36. The maximum atomic E-state index is 5.03. The second-order valence-corrected chi connectivity index (χ2v) is 1.53. The van der Waals surface area contributed by atoms with E-state index in [0.717, 1.165) is 12.2 Å². The fourth-order valence-corrected chi connectivity index (χ4v) is 0.276. The third-order valence-corrected chi connectivity index (χ3v) is 0.815. The number of hydrogen-bond acceptors (Lipinski definition) is 2. The monoisotopic (exact) mass is 115 g/mol. The van der Waals surface area contributed by atoms with Gasteiger partial charge in [-0.25, -0.2) is 0 Å². The van der Waals surface area contributed by atoms with Gasteiger partial charge in [0.1, 0.15) is 6.73 Å². The lowest BCUT2D eigenvalue weighted by atomic mass is 10.4. The molecular weight excluding hydrogens is 102 g/mol. The van der Waals surface area contributed by atoms with Crippen LogP contribution in [0.1, 0.15) is 13.3 Å². The molecule has 0 bridgehead atoms. The van der Waals surface area contributed by atoms with E-state index in [1.165, 1.54) is 0 Å². The van der Waals surface area contributed by atoms with Gasteiger partial charge in [-0.3, -0.25) is 5.32 Å². The first-order valence-electron chi connectivity index (χ1n) is 2.76. The van der Waals surface area contributed by atoms with Crippen molar-refractivity contribution in [1.82, 2.24) is 5.32 Å². The normalized spacial score (nSPS) is 8.75. The Morgan fingerprint density at radius 2 is 2.38 bits per heavy atom. The molecule has 0 saturated carbocycles. The minimum Gasteiger partial charge on any atom is -0.483 e. The summed E-state index contributed by atoms with van der Waals surface area (Å²) in [7, 11) is 1.84. The third-order valence-electron chi connectivity index (χ3n) is 0.815. The number of rotatable bonds is 4. The van der Waals surface area contributed by atoms with E-state index in [1.807, 2.05) is 14.0 Å². The Bertz CT molecular complexity index is 70.9. The highest BCUT2D eigenvalue weighted by Crippen LogP contribution is 1.95. The predicted molar refractivity (Wildman–Crippen MR) is 34.4 cm³/mol. The van der Waals surface area contributed by atoms with Gasteiger partial charge in [0.15, 0.2) is 0 Å². The van der Waals surface area contributed by atoms with E-state index >= 15 is 0 Å². The SMILES string of the molecule is C=C(CC)OCNC. The fraction of sp³-hybridized carbons (Fsp3) is 0.667. The second kappa shape index (κ2) is 4.65. The molecule has 0 aliphatic carbocycles. The van der Waals surface area contributed by atoms with Crippen molar-refractivity contribution in [1.29, 1.82) is 0 Å². The van der Waals surface area contributed by atoms with Crippen molar-refractivity contribution >= 4 is 0 Å². The van der Waals surface area contributed by atoms with Gasteiger partial charge in [0.05, 0.1) is 5.76 Å². The molecule has 0 amide bonds. The van der Waals surface area contributed by atoms with E-state index in [4.69, 9.17) is 4.74 Å². The summed E-state index contributed by atoms with van der Waals surface area (Å²) in [5.74, 6) is 0.833. The van der Waals surface area contributed by atoms with Crippen LogP contribution < -0.4 is 5.32 Å². The lowest BCUT2D eigenvalue weighted by Gasteiger charge is -2.03. The summed E-state index contributed by atoms with van der Waals surface area (Å²) in [6.07, 6.45) is 0.891. The number of hydrogen-bond donors (Lipinski definition) is 1. The quantitative estimate of drug-likeness (QED) is 0.437. The van der Waals surface area contributed by atoms with E-state index in [9.17, 15) is 0 Å². The molecule has 0 heterocycles. The molecule has 0 aliphatic rings. The average Bonchev–Trinajstić information content (AvgIpc) is 1.83. The highest BCUT2D eigenvalue weighted by atomic mass is 16.5. The molecule has 0 aromatic heterocycles. The van der Waals surface area contributed by atoms with Crippen molar-refractivity contribution < 1.29 is 4.74 Å². The standard InChI is InChI=1S/C6H13NO/c1-4-6(2)8-5-7-3/h7H,2,4-5H2,1,3H3. The van der Waals surface area contributed by atoms with Crippen LogP contribution >= 0.6 is 0 Å². The number of ether oxygens (including phenoxy) is 1. The molecule has 0 aromatic rings. The van der Waals surface area contributed by atoms with Crippen molar-refractivity contribution in [2.24, 2.45) is 0 Å². The Hall–Kier alpha value is -0.500. The van der Waals surface area contributed by atoms with Gasteiger partial charge < -0.3 is 4.74 Å². The first-order valence-corrected chi connectivity index (χ1v) is 2.76. The van der Waals surface area contributed by atoms with Crippen molar-refractivity contribution in [2.45, 2.75) is 13.3 Å². The van der Waals surface area contributed by atoms with Crippen molar-refractivity contribution in [3.63, 3.8) is 0 Å². The third kappa shape index (κ3) is 3.68. The fourth-order valence-electron chi connectivity index (χ4n) is 0.276. The van der Waals surface area contributed by atoms with Crippen LogP contribution in [0.15, 0.2) is 12.3 Å². The molecule has 0 fully saturated rings. The first kappa shape index (κ1) is 7.50. The van der Waals surface area contributed by atoms with Crippen LogP contribution in [0.5, 0.6) is 0 Å². The van der Waals surface area contributed by atoms with Crippen LogP contribution in [0.3, 0.4) is 0 Å². The zero-order chi connectivity index (χ0) is 6.41. The van der Waals surface area contributed by atoms with Crippen LogP contribution in [0.2, 0.25) is 0 Å². The molecule has 48 valence electrons. The Labute approximate surface area is 50.5 Å². The van der Waals surface area contributed by atoms with E-state index < -0.39 is 0 Å². The summed E-state index contributed by atoms with van der Waals surface area (Å²) in [4.78, 5) is 0. The highest BCUT2D eigenvalue weighted by Gasteiger charge is 1.84. The van der Waals surface area contributed by atoms with Gasteiger partial charge in [0.2, 0.25) is 0 Å². The van der Waals surface area contributed by atoms with Crippen LogP contribution in [-0.4, -0.2) is 13.8 Å². The van der Waals surface area contributed by atoms with E-state index in [0.29, 0.717) is 6.73 Å². The highest BCUT2D eigenvalue weighted by molar-refractivity contribution is 4.78. The molecule has 1 N–H and O–H groups in total. The molecular formula is C6H13NO. The maximum absolute atomic E-state index is 5.03. The molecule has 0 rings (SSSR count). The topological polar surface area (TPSA) is 21.3 Å². The van der Waals surface area contributed by atoms with Gasteiger partial charge in [-0.2, -0.15) is 0 Å². The van der Waals surface area contributed by atoms with Gasteiger partial charge in [-0.15, -0.1) is 0 Å². The zero-order valence-corrected chi connectivity index (χ0v) is 5.53. The molecule has 0 aromatic carbocycles. The zero-order valence-electron chi connectivity index (χ0n) is 5.53. The van der Waals surface area contributed by atoms with Gasteiger partial charge in [0.25, 0.3) is 0 Å². The molecule has 2 nitrogen and oxygen atoms in total. The van der Waals surface area contributed by atoms with Gasteiger partial charge in [-0.1, -0.05) is 13.5 Å². The second-order valence-electron chi connectivity index (χ2n) is 1.53. The van der Waals surface area contributed by atoms with Crippen LogP contribution in [0, 0.1) is 0 Å². The lowest BCUT2D eigenvalue weighted by molar-refractivity contribution is 0.190. The molecule has 0 radical (unpaired) electrons. The minimum atomic E-state index is 0.562. The smallest absolute Gasteiger partial charge is 0.138 e.